The Balaban J connectivity index is 2.08. The number of hydrogen-bond acceptors (Lipinski definition) is 3. The van der Waals surface area contributed by atoms with Crippen LogP contribution in [0.5, 0.6) is 5.75 Å². The van der Waals surface area contributed by atoms with Crippen molar-refractivity contribution in [2.75, 3.05) is 7.11 Å². The zero-order valence-corrected chi connectivity index (χ0v) is 12.2. The second kappa shape index (κ2) is 5.92. The number of halogens is 1. The zero-order chi connectivity index (χ0) is 16.4. The first-order valence-electron chi connectivity index (χ1n) is 6.80. The maximum absolute atomic E-state index is 14.2. The van der Waals surface area contributed by atoms with Crippen LogP contribution in [-0.2, 0) is 0 Å². The Labute approximate surface area is 131 Å². The highest BCUT2D eigenvalue weighted by molar-refractivity contribution is 5.85. The number of nitrogens with zero attached hydrogens (tertiary/aromatic N) is 2. The monoisotopic (exact) mass is 312 g/mol. The molecule has 23 heavy (non-hydrogen) atoms. The summed E-state index contributed by atoms with van der Waals surface area (Å²) in [7, 11) is 1.48. The number of aromatic nitrogens is 2. The van der Waals surface area contributed by atoms with Crippen LogP contribution in [-0.4, -0.2) is 27.7 Å². The van der Waals surface area contributed by atoms with Crippen molar-refractivity contribution in [1.29, 1.82) is 0 Å². The summed E-state index contributed by atoms with van der Waals surface area (Å²) in [5.74, 6) is -1.06. The van der Waals surface area contributed by atoms with Gasteiger partial charge in [-0.2, -0.15) is 0 Å². The molecule has 0 spiro atoms. The minimum absolute atomic E-state index is 0.0566. The van der Waals surface area contributed by atoms with E-state index in [-0.39, 0.29) is 5.69 Å². The highest BCUT2D eigenvalue weighted by Crippen LogP contribution is 2.33. The van der Waals surface area contributed by atoms with Crippen molar-refractivity contribution in [2.45, 2.75) is 0 Å². The first-order chi connectivity index (χ1) is 11.1. The molecule has 3 aromatic rings. The Hall–Kier alpha value is -3.15. The quantitative estimate of drug-likeness (QED) is 0.802. The van der Waals surface area contributed by atoms with Gasteiger partial charge in [-0.3, -0.25) is 0 Å². The van der Waals surface area contributed by atoms with Crippen LogP contribution in [0.4, 0.5) is 4.39 Å². The molecule has 0 bridgehead atoms. The Kier molecular flexibility index (Phi) is 3.80. The minimum Gasteiger partial charge on any atom is -0.496 e. The molecule has 0 saturated carbocycles. The molecule has 0 aliphatic carbocycles. The number of methoxy groups -OCH3 is 1. The molecule has 6 heteroatoms. The number of ether oxygens (including phenoxy) is 1. The fourth-order valence-corrected chi connectivity index (χ4v) is 2.35. The summed E-state index contributed by atoms with van der Waals surface area (Å²) in [6.07, 6.45) is 2.81. The summed E-state index contributed by atoms with van der Waals surface area (Å²) in [5.41, 5.74) is 1.60. The maximum Gasteiger partial charge on any atom is 0.356 e. The number of carboxylic acids is 1. The van der Waals surface area contributed by atoms with Crippen molar-refractivity contribution in [3.63, 3.8) is 0 Å². The van der Waals surface area contributed by atoms with E-state index in [1.54, 1.807) is 41.0 Å². The minimum atomic E-state index is -1.10. The van der Waals surface area contributed by atoms with Gasteiger partial charge in [-0.1, -0.05) is 18.2 Å². The highest BCUT2D eigenvalue weighted by Gasteiger charge is 2.13. The molecule has 3 rings (SSSR count). The van der Waals surface area contributed by atoms with Crippen LogP contribution < -0.4 is 4.74 Å². The van der Waals surface area contributed by atoms with Gasteiger partial charge in [-0.25, -0.2) is 14.2 Å². The van der Waals surface area contributed by atoms with Crippen LogP contribution in [0.25, 0.3) is 16.8 Å². The third kappa shape index (κ3) is 2.78. The average Bonchev–Trinajstić information content (AvgIpc) is 3.05. The van der Waals surface area contributed by atoms with Crippen LogP contribution in [0.3, 0.4) is 0 Å². The fourth-order valence-electron chi connectivity index (χ4n) is 2.35. The molecular weight excluding hydrogens is 299 g/mol. The van der Waals surface area contributed by atoms with Crippen molar-refractivity contribution in [3.8, 4) is 22.6 Å². The van der Waals surface area contributed by atoms with Crippen LogP contribution >= 0.6 is 0 Å². The summed E-state index contributed by atoms with van der Waals surface area (Å²) in [5, 5.41) is 8.94. The first kappa shape index (κ1) is 14.8. The zero-order valence-electron chi connectivity index (χ0n) is 12.2. The number of rotatable bonds is 4. The van der Waals surface area contributed by atoms with E-state index in [9.17, 15) is 9.18 Å². The molecule has 0 unspecified atom stereocenters. The summed E-state index contributed by atoms with van der Waals surface area (Å²) >= 11 is 0. The summed E-state index contributed by atoms with van der Waals surface area (Å²) in [6.45, 7) is 0. The Morgan fingerprint density at radius 2 is 2.04 bits per heavy atom. The van der Waals surface area contributed by atoms with Gasteiger partial charge in [0.15, 0.2) is 5.69 Å². The van der Waals surface area contributed by atoms with Gasteiger partial charge in [-0.05, 0) is 29.8 Å². The molecule has 1 N–H and O–H groups in total. The number of carbonyl (C=O) groups is 1. The number of aromatic carboxylic acids is 1. The molecule has 0 amide bonds. The van der Waals surface area contributed by atoms with Gasteiger partial charge in [0, 0.05) is 11.9 Å². The van der Waals surface area contributed by atoms with E-state index in [0.29, 0.717) is 22.6 Å². The van der Waals surface area contributed by atoms with E-state index in [2.05, 4.69) is 4.98 Å². The molecule has 0 aliphatic heterocycles. The molecule has 0 fully saturated rings. The second-order valence-corrected chi connectivity index (χ2v) is 4.84. The lowest BCUT2D eigenvalue weighted by Crippen LogP contribution is -1.96. The van der Waals surface area contributed by atoms with E-state index in [0.717, 1.165) is 0 Å². The summed E-state index contributed by atoms with van der Waals surface area (Å²) in [4.78, 5) is 14.7. The van der Waals surface area contributed by atoms with Crippen molar-refractivity contribution < 1.29 is 19.0 Å². The fraction of sp³-hybridized carbons (Fsp3) is 0.0588. The lowest BCUT2D eigenvalue weighted by Gasteiger charge is -2.11. The van der Waals surface area contributed by atoms with Crippen molar-refractivity contribution in [2.24, 2.45) is 0 Å². The van der Waals surface area contributed by atoms with Gasteiger partial charge in [0.2, 0.25) is 0 Å². The number of imidazole rings is 1. The number of carboxylic acid groups (broad SMARTS) is 1. The van der Waals surface area contributed by atoms with Gasteiger partial charge in [0.05, 0.1) is 12.7 Å². The predicted octanol–water partition coefficient (Wildman–Crippen LogP) is 3.39. The maximum atomic E-state index is 14.2. The van der Waals surface area contributed by atoms with Crippen LogP contribution in [0.1, 0.15) is 10.5 Å². The van der Waals surface area contributed by atoms with Gasteiger partial charge in [-0.15, -0.1) is 0 Å². The van der Waals surface area contributed by atoms with Gasteiger partial charge in [0.1, 0.15) is 17.9 Å². The smallest absolute Gasteiger partial charge is 0.356 e. The number of benzene rings is 2. The largest absolute Gasteiger partial charge is 0.496 e. The Bertz CT molecular complexity index is 874. The lowest BCUT2D eigenvalue weighted by molar-refractivity contribution is 0.0691. The summed E-state index contributed by atoms with van der Waals surface area (Å²) < 4.78 is 21.0. The molecular formula is C17H13FN2O3. The molecule has 0 radical (unpaired) electrons. The number of hydrogen-bond donors (Lipinski definition) is 1. The standard InChI is InChI=1S/C17H13FN2O3/c1-23-15-7-3-6-13(18)16(15)11-4-2-5-12(8-11)20-9-14(17(21)22)19-10-20/h2-10H,1H3,(H,21,22). The van der Waals surface area contributed by atoms with Crippen LogP contribution in [0, 0.1) is 5.82 Å². The highest BCUT2D eigenvalue weighted by atomic mass is 19.1. The topological polar surface area (TPSA) is 64.4 Å². The SMILES string of the molecule is COc1cccc(F)c1-c1cccc(-n2cnc(C(=O)O)c2)c1. The molecule has 0 aliphatic rings. The Morgan fingerprint density at radius 3 is 2.74 bits per heavy atom. The van der Waals surface area contributed by atoms with Crippen molar-refractivity contribution in [1.82, 2.24) is 9.55 Å². The van der Waals surface area contributed by atoms with E-state index in [4.69, 9.17) is 9.84 Å². The first-order valence-corrected chi connectivity index (χ1v) is 6.80. The predicted molar refractivity (Wildman–Crippen MR) is 82.5 cm³/mol. The van der Waals surface area contributed by atoms with Crippen molar-refractivity contribution >= 4 is 5.97 Å². The van der Waals surface area contributed by atoms with Gasteiger partial charge >= 0.3 is 5.97 Å². The Morgan fingerprint density at radius 1 is 1.26 bits per heavy atom. The lowest BCUT2D eigenvalue weighted by atomic mass is 10.0. The van der Waals surface area contributed by atoms with E-state index >= 15 is 0 Å². The third-order valence-electron chi connectivity index (χ3n) is 3.43. The average molecular weight is 312 g/mol. The molecule has 1 aromatic heterocycles. The summed E-state index contributed by atoms with van der Waals surface area (Å²) in [6, 6.07) is 11.7. The van der Waals surface area contributed by atoms with Crippen LogP contribution in [0.15, 0.2) is 55.0 Å². The van der Waals surface area contributed by atoms with E-state index < -0.39 is 11.8 Å². The third-order valence-corrected chi connectivity index (χ3v) is 3.43. The molecule has 5 nitrogen and oxygen atoms in total. The molecule has 0 saturated heterocycles. The van der Waals surface area contributed by atoms with Crippen molar-refractivity contribution in [3.05, 3.63) is 66.5 Å². The van der Waals surface area contributed by atoms with E-state index in [1.807, 2.05) is 0 Å². The molecule has 1 heterocycles. The second-order valence-electron chi connectivity index (χ2n) is 4.84. The molecule has 116 valence electrons. The van der Waals surface area contributed by atoms with Gasteiger partial charge in [0.25, 0.3) is 0 Å². The van der Waals surface area contributed by atoms with Gasteiger partial charge < -0.3 is 14.4 Å². The molecule has 2 aromatic carbocycles. The van der Waals surface area contributed by atoms with Crippen LogP contribution in [0.2, 0.25) is 0 Å². The normalized spacial score (nSPS) is 10.5. The molecule has 0 atom stereocenters. The van der Waals surface area contributed by atoms with E-state index in [1.165, 1.54) is 25.7 Å².